The van der Waals surface area contributed by atoms with E-state index in [9.17, 15) is 8.42 Å². The second-order valence-corrected chi connectivity index (χ2v) is 10.8. The van der Waals surface area contributed by atoms with Crippen LogP contribution in [0.4, 0.5) is 0 Å². The number of hydrogen-bond donors (Lipinski definition) is 2. The monoisotopic (exact) mass is 442 g/mol. The average Bonchev–Trinajstić information content (AvgIpc) is 3.57. The number of ether oxygens (including phenoxy) is 1. The standard InChI is InChI=1S/C25H34N2O3S/c1-26-17-22-10-9-21-11-12-23(30-14-13-27-31(28,29)18-20-7-8-20)16-25(21)24(22)15-19-5-3-2-4-6-19/h2-6,11-12,16,20,22,24,26-27H,7-10,13-15,17-18H2,1H3/t22-,24+/m0/s1. The lowest BCUT2D eigenvalue weighted by molar-refractivity contribution is 0.318. The van der Waals surface area contributed by atoms with Gasteiger partial charge in [0.05, 0.1) is 5.75 Å². The Morgan fingerprint density at radius 1 is 1.06 bits per heavy atom. The summed E-state index contributed by atoms with van der Waals surface area (Å²) in [7, 11) is -1.15. The quantitative estimate of drug-likeness (QED) is 0.523. The van der Waals surface area contributed by atoms with Crippen molar-refractivity contribution in [2.75, 3.05) is 32.5 Å². The van der Waals surface area contributed by atoms with Gasteiger partial charge in [0.15, 0.2) is 0 Å². The van der Waals surface area contributed by atoms with Crippen LogP contribution < -0.4 is 14.8 Å². The third kappa shape index (κ3) is 6.31. The van der Waals surface area contributed by atoms with E-state index in [-0.39, 0.29) is 5.75 Å². The highest BCUT2D eigenvalue weighted by molar-refractivity contribution is 7.89. The molecule has 4 rings (SSSR count). The lowest BCUT2D eigenvalue weighted by Gasteiger charge is -2.34. The van der Waals surface area contributed by atoms with Crippen LogP contribution in [0.3, 0.4) is 0 Å². The van der Waals surface area contributed by atoms with E-state index in [4.69, 9.17) is 4.74 Å². The molecule has 0 amide bonds. The molecule has 0 aromatic heterocycles. The molecule has 2 aromatic rings. The van der Waals surface area contributed by atoms with Gasteiger partial charge in [0, 0.05) is 6.54 Å². The molecule has 1 fully saturated rings. The summed E-state index contributed by atoms with van der Waals surface area (Å²) in [6.45, 7) is 1.65. The van der Waals surface area contributed by atoms with Gasteiger partial charge in [-0.1, -0.05) is 36.4 Å². The third-order valence-corrected chi connectivity index (χ3v) is 8.03. The van der Waals surface area contributed by atoms with E-state index in [0.29, 0.717) is 30.9 Å². The molecular formula is C25H34N2O3S. The van der Waals surface area contributed by atoms with Crippen LogP contribution in [0.25, 0.3) is 0 Å². The van der Waals surface area contributed by atoms with E-state index in [1.807, 2.05) is 13.1 Å². The summed E-state index contributed by atoms with van der Waals surface area (Å²) in [5.74, 6) is 2.45. The van der Waals surface area contributed by atoms with Crippen LogP contribution in [0.2, 0.25) is 0 Å². The number of benzene rings is 2. The summed E-state index contributed by atoms with van der Waals surface area (Å²) >= 11 is 0. The normalized spacial score (nSPS) is 20.9. The van der Waals surface area contributed by atoms with Crippen LogP contribution in [-0.2, 0) is 22.9 Å². The highest BCUT2D eigenvalue weighted by atomic mass is 32.2. The van der Waals surface area contributed by atoms with E-state index in [1.165, 1.54) is 23.1 Å². The van der Waals surface area contributed by atoms with Crippen molar-refractivity contribution in [2.45, 2.75) is 38.0 Å². The SMILES string of the molecule is CNC[C@@H]1CCc2ccc(OCCNS(=O)(=O)CC3CC3)cc2[C@@H]1Cc1ccccc1. The molecule has 5 nitrogen and oxygen atoms in total. The molecule has 0 aliphatic heterocycles. The van der Waals surface area contributed by atoms with Gasteiger partial charge in [-0.3, -0.25) is 0 Å². The first kappa shape index (κ1) is 22.3. The van der Waals surface area contributed by atoms with E-state index in [2.05, 4.69) is 52.5 Å². The predicted molar refractivity (Wildman–Crippen MR) is 125 cm³/mol. The maximum Gasteiger partial charge on any atom is 0.211 e. The topological polar surface area (TPSA) is 67.4 Å². The van der Waals surface area contributed by atoms with Crippen molar-refractivity contribution in [2.24, 2.45) is 11.8 Å². The van der Waals surface area contributed by atoms with Crippen LogP contribution in [-0.4, -0.2) is 40.9 Å². The minimum absolute atomic E-state index is 0.250. The molecule has 0 radical (unpaired) electrons. The zero-order valence-electron chi connectivity index (χ0n) is 18.3. The molecule has 2 aliphatic rings. The van der Waals surface area contributed by atoms with Crippen LogP contribution in [0, 0.1) is 11.8 Å². The minimum Gasteiger partial charge on any atom is -0.492 e. The number of sulfonamides is 1. The van der Waals surface area contributed by atoms with Crippen molar-refractivity contribution in [3.8, 4) is 5.75 Å². The van der Waals surface area contributed by atoms with Crippen molar-refractivity contribution in [1.82, 2.24) is 10.0 Å². The van der Waals surface area contributed by atoms with E-state index < -0.39 is 10.0 Å². The first-order valence-corrected chi connectivity index (χ1v) is 13.1. The number of fused-ring (bicyclic) bond motifs is 1. The summed E-state index contributed by atoms with van der Waals surface area (Å²) in [5, 5.41) is 3.38. The second kappa shape index (κ2) is 10.2. The lowest BCUT2D eigenvalue weighted by atomic mass is 9.72. The molecule has 168 valence electrons. The third-order valence-electron chi connectivity index (χ3n) is 6.48. The van der Waals surface area contributed by atoms with Gasteiger partial charge in [-0.15, -0.1) is 0 Å². The minimum atomic E-state index is -3.18. The van der Waals surface area contributed by atoms with Gasteiger partial charge in [-0.2, -0.15) is 0 Å². The van der Waals surface area contributed by atoms with E-state index in [1.54, 1.807) is 0 Å². The van der Waals surface area contributed by atoms with Crippen molar-refractivity contribution < 1.29 is 13.2 Å². The van der Waals surface area contributed by atoms with Crippen LogP contribution >= 0.6 is 0 Å². The molecule has 0 heterocycles. The molecule has 1 saturated carbocycles. The predicted octanol–water partition coefficient (Wildman–Crippen LogP) is 3.50. The number of rotatable bonds is 11. The fourth-order valence-corrected chi connectivity index (χ4v) is 6.17. The van der Waals surface area contributed by atoms with Crippen LogP contribution in [0.15, 0.2) is 48.5 Å². The van der Waals surface area contributed by atoms with Gasteiger partial charge in [-0.25, -0.2) is 13.1 Å². The van der Waals surface area contributed by atoms with Gasteiger partial charge < -0.3 is 10.1 Å². The molecule has 0 bridgehead atoms. The van der Waals surface area contributed by atoms with Gasteiger partial charge in [0.1, 0.15) is 12.4 Å². The zero-order chi connectivity index (χ0) is 21.7. The number of aryl methyl sites for hydroxylation is 1. The van der Waals surface area contributed by atoms with Crippen molar-refractivity contribution in [3.63, 3.8) is 0 Å². The van der Waals surface area contributed by atoms with E-state index in [0.717, 1.165) is 38.0 Å². The van der Waals surface area contributed by atoms with Crippen molar-refractivity contribution >= 4 is 10.0 Å². The molecular weight excluding hydrogens is 408 g/mol. The maximum absolute atomic E-state index is 12.0. The lowest BCUT2D eigenvalue weighted by Crippen LogP contribution is -2.31. The van der Waals surface area contributed by atoms with Crippen LogP contribution in [0.1, 0.15) is 41.9 Å². The summed E-state index contributed by atoms with van der Waals surface area (Å²) in [4.78, 5) is 0. The summed E-state index contributed by atoms with van der Waals surface area (Å²) in [6.07, 6.45) is 5.36. The number of nitrogens with one attached hydrogen (secondary N) is 2. The molecule has 2 aromatic carbocycles. The zero-order valence-corrected chi connectivity index (χ0v) is 19.2. The average molecular weight is 443 g/mol. The van der Waals surface area contributed by atoms with Gasteiger partial charge >= 0.3 is 0 Å². The first-order valence-electron chi connectivity index (χ1n) is 11.5. The molecule has 0 spiro atoms. The molecule has 2 aliphatic carbocycles. The Balaban J connectivity index is 1.42. The summed E-state index contributed by atoms with van der Waals surface area (Å²) in [6, 6.07) is 17.1. The molecule has 6 heteroatoms. The smallest absolute Gasteiger partial charge is 0.211 e. The Labute approximate surface area is 186 Å². The largest absolute Gasteiger partial charge is 0.492 e. The fraction of sp³-hybridized carbons (Fsp3) is 0.520. The van der Waals surface area contributed by atoms with Gasteiger partial charge in [0.25, 0.3) is 0 Å². The Morgan fingerprint density at radius 3 is 2.61 bits per heavy atom. The van der Waals surface area contributed by atoms with Crippen molar-refractivity contribution in [3.05, 3.63) is 65.2 Å². The molecule has 31 heavy (non-hydrogen) atoms. The Morgan fingerprint density at radius 2 is 1.87 bits per heavy atom. The highest BCUT2D eigenvalue weighted by Gasteiger charge is 2.30. The Kier molecular flexibility index (Phi) is 7.31. The summed E-state index contributed by atoms with van der Waals surface area (Å²) in [5.41, 5.74) is 4.14. The molecule has 2 N–H and O–H groups in total. The first-order chi connectivity index (χ1) is 15.0. The fourth-order valence-electron chi connectivity index (χ4n) is 4.70. The van der Waals surface area contributed by atoms with Gasteiger partial charge in [0.2, 0.25) is 10.0 Å². The Bertz CT molecular complexity index is 958. The number of hydrogen-bond acceptors (Lipinski definition) is 4. The molecule has 0 saturated heterocycles. The van der Waals surface area contributed by atoms with Gasteiger partial charge in [-0.05, 0) is 92.3 Å². The highest BCUT2D eigenvalue weighted by Crippen LogP contribution is 2.40. The molecule has 2 atom stereocenters. The van der Waals surface area contributed by atoms with Crippen molar-refractivity contribution in [1.29, 1.82) is 0 Å². The molecule has 0 unspecified atom stereocenters. The summed E-state index contributed by atoms with van der Waals surface area (Å²) < 4.78 is 32.7. The Hall–Kier alpha value is -1.89. The second-order valence-electron chi connectivity index (χ2n) is 8.98. The van der Waals surface area contributed by atoms with E-state index >= 15 is 0 Å². The van der Waals surface area contributed by atoms with Crippen LogP contribution in [0.5, 0.6) is 5.75 Å². The maximum atomic E-state index is 12.0.